The van der Waals surface area contributed by atoms with Crippen molar-refractivity contribution >= 4 is 11.7 Å². The van der Waals surface area contributed by atoms with Gasteiger partial charge < -0.3 is 4.74 Å². The number of halogens is 4. The van der Waals surface area contributed by atoms with Crippen LogP contribution >= 0.6 is 0 Å². The number of ether oxygens (including phenoxy) is 1. The minimum Gasteiger partial charge on any atom is -0.455 e. The quantitative estimate of drug-likeness (QED) is 0.138. The number of non-ortho nitro benzene ring substituents is 1. The van der Waals surface area contributed by atoms with Crippen molar-refractivity contribution in [2.75, 3.05) is 0 Å². The van der Waals surface area contributed by atoms with Crippen molar-refractivity contribution < 1.29 is 32.0 Å². The van der Waals surface area contributed by atoms with Gasteiger partial charge in [0.15, 0.2) is 23.3 Å². The van der Waals surface area contributed by atoms with Gasteiger partial charge in [0.2, 0.25) is 0 Å². The van der Waals surface area contributed by atoms with Crippen LogP contribution in [-0.4, -0.2) is 16.5 Å². The molecule has 0 aliphatic heterocycles. The first-order valence-corrected chi connectivity index (χ1v) is 8.66. The van der Waals surface area contributed by atoms with Gasteiger partial charge in [-0.25, -0.2) is 22.4 Å². The fourth-order valence-electron chi connectivity index (χ4n) is 4.11. The van der Waals surface area contributed by atoms with Crippen LogP contribution in [0, 0.1) is 33.4 Å². The molecule has 0 heterocycles. The Bertz CT molecular complexity index is 1080. The highest BCUT2D eigenvalue weighted by Gasteiger charge is 2.51. The zero-order valence-corrected chi connectivity index (χ0v) is 14.9. The van der Waals surface area contributed by atoms with Gasteiger partial charge >= 0.3 is 5.97 Å². The van der Waals surface area contributed by atoms with Crippen LogP contribution in [0.4, 0.5) is 23.2 Å². The van der Waals surface area contributed by atoms with Crippen molar-refractivity contribution in [1.29, 1.82) is 0 Å². The molecule has 3 aliphatic rings. The van der Waals surface area contributed by atoms with E-state index in [1.807, 2.05) is 0 Å². The molecule has 0 N–H and O–H groups in total. The molecule has 9 heteroatoms. The van der Waals surface area contributed by atoms with Crippen molar-refractivity contribution in [3.63, 3.8) is 0 Å². The van der Waals surface area contributed by atoms with Crippen LogP contribution in [0.5, 0.6) is 0 Å². The minimum atomic E-state index is -1.91. The van der Waals surface area contributed by atoms with Gasteiger partial charge in [-0.1, -0.05) is 12.2 Å². The average molecular weight is 407 g/mol. The lowest BCUT2D eigenvalue weighted by Crippen LogP contribution is -2.45. The maximum atomic E-state index is 14.5. The molecule has 3 aliphatic carbocycles. The topological polar surface area (TPSA) is 69.4 Å². The number of hydrogen-bond acceptors (Lipinski definition) is 4. The van der Waals surface area contributed by atoms with Gasteiger partial charge in [-0.05, 0) is 25.5 Å². The van der Waals surface area contributed by atoms with Crippen LogP contribution in [0.3, 0.4) is 0 Å². The predicted octanol–water partition coefficient (Wildman–Crippen LogP) is 4.91. The summed E-state index contributed by atoms with van der Waals surface area (Å²) in [4.78, 5) is 22.6. The minimum absolute atomic E-state index is 0.0272. The summed E-state index contributed by atoms with van der Waals surface area (Å²) in [5.41, 5.74) is -2.16. The number of fused-ring (bicyclic) bond motifs is 1. The van der Waals surface area contributed by atoms with E-state index in [4.69, 9.17) is 4.74 Å². The molecule has 150 valence electrons. The van der Waals surface area contributed by atoms with Crippen LogP contribution in [0.1, 0.15) is 46.7 Å². The normalized spacial score (nSPS) is 24.3. The van der Waals surface area contributed by atoms with E-state index in [2.05, 4.69) is 0 Å². The summed E-state index contributed by atoms with van der Waals surface area (Å²) in [5.74, 6) is -9.37. The van der Waals surface area contributed by atoms with Gasteiger partial charge in [0.05, 0.1) is 10.5 Å². The highest BCUT2D eigenvalue weighted by molar-refractivity contribution is 5.90. The molecule has 2 aromatic carbocycles. The number of esters is 1. The summed E-state index contributed by atoms with van der Waals surface area (Å²) in [6.07, 6.45) is 3.08. The summed E-state index contributed by atoms with van der Waals surface area (Å²) in [5, 5.41) is 10.7. The second-order valence-corrected chi connectivity index (χ2v) is 7.26. The Balaban J connectivity index is 1.69. The van der Waals surface area contributed by atoms with Crippen LogP contribution in [-0.2, 0) is 4.74 Å². The van der Waals surface area contributed by atoms with Gasteiger partial charge in [-0.3, -0.25) is 10.1 Å². The molecule has 0 amide bonds. The Labute approximate surface area is 161 Å². The van der Waals surface area contributed by atoms with E-state index in [0.29, 0.717) is 0 Å². The number of nitro groups is 1. The second-order valence-electron chi connectivity index (χ2n) is 7.26. The van der Waals surface area contributed by atoms with E-state index in [0.717, 1.165) is 12.1 Å². The molecule has 0 saturated carbocycles. The standard InChI is InChI=1S/C20H13F4NO4/c1-20(29-19(26)9-2-5-11(6-3-9)25(27)28)8-10-4-7-12(20)14-13(10)15(21)17(23)18(24)16(14)22/h2-7,10,12H,8H2,1H3/t10-,12+,20+/m1/s1. The Morgan fingerprint density at radius 1 is 1.03 bits per heavy atom. The highest BCUT2D eigenvalue weighted by atomic mass is 19.2. The number of allylic oxidation sites excluding steroid dienone is 1. The first kappa shape index (κ1) is 19.1. The van der Waals surface area contributed by atoms with Crippen LogP contribution in [0.2, 0.25) is 0 Å². The SMILES string of the molecule is C[C@]1(OC(=O)c2ccc([N+](=O)[O-])cc2)C[C@H]2C=C[C@H]1c1c(F)c(F)c(F)c(F)c12. The third-order valence-electron chi connectivity index (χ3n) is 5.48. The van der Waals surface area contributed by atoms with Gasteiger partial charge in [0.1, 0.15) is 5.60 Å². The van der Waals surface area contributed by atoms with Crippen molar-refractivity contribution in [1.82, 2.24) is 0 Å². The Morgan fingerprint density at radius 2 is 1.62 bits per heavy atom. The lowest BCUT2D eigenvalue weighted by atomic mass is 9.63. The van der Waals surface area contributed by atoms with E-state index in [9.17, 15) is 32.5 Å². The molecule has 5 nitrogen and oxygen atoms in total. The lowest BCUT2D eigenvalue weighted by molar-refractivity contribution is -0.384. The van der Waals surface area contributed by atoms with Crippen LogP contribution < -0.4 is 0 Å². The fourth-order valence-corrected chi connectivity index (χ4v) is 4.11. The molecule has 5 rings (SSSR count). The molecule has 2 aromatic rings. The molecule has 0 aromatic heterocycles. The Kier molecular flexibility index (Phi) is 4.21. The van der Waals surface area contributed by atoms with E-state index >= 15 is 0 Å². The number of nitrogens with zero attached hydrogens (tertiary/aromatic N) is 1. The first-order valence-electron chi connectivity index (χ1n) is 8.66. The summed E-state index contributed by atoms with van der Waals surface area (Å²) >= 11 is 0. The molecule has 0 radical (unpaired) electrons. The number of benzene rings is 2. The van der Waals surface area contributed by atoms with E-state index in [-0.39, 0.29) is 28.8 Å². The lowest BCUT2D eigenvalue weighted by Gasteiger charge is -2.46. The van der Waals surface area contributed by atoms with Gasteiger partial charge in [-0.15, -0.1) is 0 Å². The molecule has 0 fully saturated rings. The number of rotatable bonds is 3. The molecule has 2 bridgehead atoms. The van der Waals surface area contributed by atoms with Gasteiger partial charge in [0, 0.05) is 35.1 Å². The number of carbonyl (C=O) groups is 1. The van der Waals surface area contributed by atoms with Gasteiger partial charge in [0.25, 0.3) is 5.69 Å². The predicted molar refractivity (Wildman–Crippen MR) is 92.4 cm³/mol. The highest BCUT2D eigenvalue weighted by Crippen LogP contribution is 2.54. The zero-order chi connectivity index (χ0) is 21.1. The average Bonchev–Trinajstić information content (AvgIpc) is 2.70. The summed E-state index contributed by atoms with van der Waals surface area (Å²) in [6, 6.07) is 4.69. The molecule has 0 spiro atoms. The fraction of sp³-hybridized carbons (Fsp3) is 0.250. The smallest absolute Gasteiger partial charge is 0.338 e. The Morgan fingerprint density at radius 3 is 2.21 bits per heavy atom. The van der Waals surface area contributed by atoms with Crippen molar-refractivity contribution in [3.05, 3.63) is 86.5 Å². The monoisotopic (exact) mass is 407 g/mol. The number of hydrogen-bond donors (Lipinski definition) is 0. The largest absolute Gasteiger partial charge is 0.455 e. The van der Waals surface area contributed by atoms with Crippen LogP contribution in [0.15, 0.2) is 36.4 Å². The number of carbonyl (C=O) groups excluding carboxylic acids is 1. The first-order chi connectivity index (χ1) is 13.6. The Hall–Kier alpha value is -3.23. The molecule has 3 atom stereocenters. The van der Waals surface area contributed by atoms with E-state index in [1.165, 1.54) is 25.1 Å². The molecule has 0 saturated heterocycles. The summed E-state index contributed by atoms with van der Waals surface area (Å²) in [7, 11) is 0. The van der Waals surface area contributed by atoms with Crippen molar-refractivity contribution in [2.45, 2.75) is 30.8 Å². The summed E-state index contributed by atoms with van der Waals surface area (Å²) < 4.78 is 61.8. The van der Waals surface area contributed by atoms with E-state index in [1.54, 1.807) is 6.08 Å². The maximum absolute atomic E-state index is 14.5. The third kappa shape index (κ3) is 2.80. The number of nitro benzene ring substituents is 1. The molecular weight excluding hydrogens is 394 g/mol. The summed E-state index contributed by atoms with van der Waals surface area (Å²) in [6.45, 7) is 1.50. The molecule has 0 unspecified atom stereocenters. The second kappa shape index (κ2) is 6.40. The third-order valence-corrected chi connectivity index (χ3v) is 5.48. The molecule has 29 heavy (non-hydrogen) atoms. The zero-order valence-electron chi connectivity index (χ0n) is 14.9. The van der Waals surface area contributed by atoms with E-state index < -0.39 is 51.6 Å². The van der Waals surface area contributed by atoms with Crippen LogP contribution in [0.25, 0.3) is 0 Å². The van der Waals surface area contributed by atoms with Crippen molar-refractivity contribution in [2.24, 2.45) is 0 Å². The molecular formula is C20H13F4NO4. The van der Waals surface area contributed by atoms with Crippen molar-refractivity contribution in [3.8, 4) is 0 Å². The maximum Gasteiger partial charge on any atom is 0.338 e. The van der Waals surface area contributed by atoms with Gasteiger partial charge in [-0.2, -0.15) is 0 Å².